The molecular formula is C9H7N3O4. The van der Waals surface area contributed by atoms with Gasteiger partial charge in [0.15, 0.2) is 0 Å². The van der Waals surface area contributed by atoms with Crippen LogP contribution in [0.3, 0.4) is 0 Å². The molecule has 7 nitrogen and oxygen atoms in total. The second-order valence-electron chi connectivity index (χ2n) is 3.00. The summed E-state index contributed by atoms with van der Waals surface area (Å²) in [6.45, 7) is 0. The van der Waals surface area contributed by atoms with Crippen LogP contribution in [0.25, 0.3) is 10.9 Å². The Morgan fingerprint density at radius 1 is 1.50 bits per heavy atom. The summed E-state index contributed by atoms with van der Waals surface area (Å²) < 4.78 is 4.90. The maximum absolute atomic E-state index is 11.5. The first-order chi connectivity index (χ1) is 7.65. The lowest BCUT2D eigenvalue weighted by molar-refractivity contribution is -0.385. The number of nitrogens with zero attached hydrogens (tertiary/aromatic N) is 2. The SMILES string of the molecule is COc1c([N+](=O)[O-])ccc2nc[nH]c(=O)c12. The first-order valence-corrected chi connectivity index (χ1v) is 4.34. The number of ether oxygens (including phenoxy) is 1. The molecule has 0 atom stereocenters. The van der Waals surface area contributed by atoms with Gasteiger partial charge >= 0.3 is 5.69 Å². The van der Waals surface area contributed by atoms with Gasteiger partial charge in [-0.2, -0.15) is 0 Å². The van der Waals surface area contributed by atoms with E-state index < -0.39 is 10.5 Å². The Balaban J connectivity index is 2.95. The van der Waals surface area contributed by atoms with Gasteiger partial charge in [0.1, 0.15) is 5.39 Å². The number of hydrogen-bond acceptors (Lipinski definition) is 5. The third-order valence-electron chi connectivity index (χ3n) is 2.14. The Bertz CT molecular complexity index is 620. The van der Waals surface area contributed by atoms with Gasteiger partial charge in [0.25, 0.3) is 5.56 Å². The second kappa shape index (κ2) is 3.61. The molecule has 1 aromatic carbocycles. The third kappa shape index (κ3) is 1.38. The molecule has 0 spiro atoms. The number of fused-ring (bicyclic) bond motifs is 1. The molecule has 2 rings (SSSR count). The van der Waals surface area contributed by atoms with Crippen molar-refractivity contribution in [2.24, 2.45) is 0 Å². The Kier molecular flexibility index (Phi) is 2.28. The molecule has 0 bridgehead atoms. The lowest BCUT2D eigenvalue weighted by atomic mass is 10.2. The maximum atomic E-state index is 11.5. The van der Waals surface area contributed by atoms with E-state index in [0.29, 0.717) is 5.52 Å². The summed E-state index contributed by atoms with van der Waals surface area (Å²) in [5.41, 5.74) is -0.370. The minimum absolute atomic E-state index is 0.0724. The molecule has 0 radical (unpaired) electrons. The topological polar surface area (TPSA) is 98.1 Å². The molecule has 0 saturated heterocycles. The largest absolute Gasteiger partial charge is 0.490 e. The van der Waals surface area contributed by atoms with E-state index in [9.17, 15) is 14.9 Å². The predicted octanol–water partition coefficient (Wildman–Crippen LogP) is 0.840. The maximum Gasteiger partial charge on any atom is 0.311 e. The van der Waals surface area contributed by atoms with Crippen LogP contribution in [0.2, 0.25) is 0 Å². The van der Waals surface area contributed by atoms with E-state index in [2.05, 4.69) is 9.97 Å². The minimum atomic E-state index is -0.606. The molecule has 0 unspecified atom stereocenters. The van der Waals surface area contributed by atoms with Crippen LogP contribution < -0.4 is 10.3 Å². The summed E-state index contributed by atoms with van der Waals surface area (Å²) in [6.07, 6.45) is 1.23. The van der Waals surface area contributed by atoms with Crippen LogP contribution in [0.4, 0.5) is 5.69 Å². The highest BCUT2D eigenvalue weighted by atomic mass is 16.6. The summed E-state index contributed by atoms with van der Waals surface area (Å²) in [7, 11) is 1.27. The number of H-pyrrole nitrogens is 1. The van der Waals surface area contributed by atoms with Crippen molar-refractivity contribution in [3.8, 4) is 5.75 Å². The molecule has 1 aromatic heterocycles. The zero-order valence-electron chi connectivity index (χ0n) is 8.26. The molecule has 7 heteroatoms. The number of aromatic nitrogens is 2. The summed E-state index contributed by atoms with van der Waals surface area (Å²) >= 11 is 0. The number of nitrogens with one attached hydrogen (secondary N) is 1. The highest BCUT2D eigenvalue weighted by molar-refractivity contribution is 5.88. The molecule has 0 amide bonds. The molecule has 0 saturated carbocycles. The molecule has 0 fully saturated rings. The summed E-state index contributed by atoms with van der Waals surface area (Å²) in [4.78, 5) is 27.9. The second-order valence-corrected chi connectivity index (χ2v) is 3.00. The number of methoxy groups -OCH3 is 1. The molecule has 82 valence electrons. The van der Waals surface area contributed by atoms with E-state index in [-0.39, 0.29) is 16.8 Å². The number of nitro benzene ring substituents is 1. The molecule has 2 aromatic rings. The molecule has 16 heavy (non-hydrogen) atoms. The summed E-state index contributed by atoms with van der Waals surface area (Å²) in [6, 6.07) is 2.67. The molecule has 0 aliphatic heterocycles. The average Bonchev–Trinajstić information content (AvgIpc) is 2.27. The van der Waals surface area contributed by atoms with E-state index in [1.54, 1.807) is 0 Å². The van der Waals surface area contributed by atoms with Crippen LogP contribution in [0.5, 0.6) is 5.75 Å². The van der Waals surface area contributed by atoms with Gasteiger partial charge in [0, 0.05) is 6.07 Å². The van der Waals surface area contributed by atoms with E-state index >= 15 is 0 Å². The lowest BCUT2D eigenvalue weighted by Gasteiger charge is -2.03. The van der Waals surface area contributed by atoms with Crippen molar-refractivity contribution in [3.63, 3.8) is 0 Å². The van der Waals surface area contributed by atoms with Crippen molar-refractivity contribution < 1.29 is 9.66 Å². The Morgan fingerprint density at radius 2 is 2.25 bits per heavy atom. The van der Waals surface area contributed by atoms with Crippen molar-refractivity contribution in [2.45, 2.75) is 0 Å². The first kappa shape index (κ1) is 10.1. The normalized spacial score (nSPS) is 10.3. The van der Waals surface area contributed by atoms with E-state index in [1.165, 1.54) is 25.6 Å². The standard InChI is InChI=1S/C9H7N3O4/c1-16-8-6(12(14)15)3-2-5-7(8)9(13)11-4-10-5/h2-4H,1H3,(H,10,11,13). The van der Waals surface area contributed by atoms with Crippen LogP contribution >= 0.6 is 0 Å². The highest BCUT2D eigenvalue weighted by Gasteiger charge is 2.19. The zero-order chi connectivity index (χ0) is 11.7. The fraction of sp³-hybridized carbons (Fsp3) is 0.111. The number of nitro groups is 1. The van der Waals surface area contributed by atoms with Crippen molar-refractivity contribution in [1.29, 1.82) is 0 Å². The first-order valence-electron chi connectivity index (χ1n) is 4.34. The Morgan fingerprint density at radius 3 is 2.88 bits per heavy atom. The number of aromatic amines is 1. The van der Waals surface area contributed by atoms with Gasteiger partial charge in [-0.15, -0.1) is 0 Å². The average molecular weight is 221 g/mol. The van der Waals surface area contributed by atoms with Crippen LogP contribution in [0, 0.1) is 10.1 Å². The Hall–Kier alpha value is -2.44. The van der Waals surface area contributed by atoms with Crippen LogP contribution in [-0.2, 0) is 0 Å². The van der Waals surface area contributed by atoms with Crippen molar-refractivity contribution >= 4 is 16.6 Å². The number of hydrogen-bond donors (Lipinski definition) is 1. The van der Waals surface area contributed by atoms with Gasteiger partial charge in [-0.3, -0.25) is 14.9 Å². The van der Waals surface area contributed by atoms with Crippen LogP contribution in [0.1, 0.15) is 0 Å². The predicted molar refractivity (Wildman–Crippen MR) is 55.6 cm³/mol. The fourth-order valence-corrected chi connectivity index (χ4v) is 1.47. The summed E-state index contributed by atoms with van der Waals surface area (Å²) in [5, 5.41) is 10.8. The van der Waals surface area contributed by atoms with Crippen LogP contribution in [-0.4, -0.2) is 22.0 Å². The van der Waals surface area contributed by atoms with Gasteiger partial charge < -0.3 is 9.72 Å². The van der Waals surface area contributed by atoms with Gasteiger partial charge in [0.2, 0.25) is 5.75 Å². The van der Waals surface area contributed by atoms with E-state index in [1.807, 2.05) is 0 Å². The van der Waals surface area contributed by atoms with Gasteiger partial charge in [-0.25, -0.2) is 4.98 Å². The van der Waals surface area contributed by atoms with E-state index in [4.69, 9.17) is 4.74 Å². The van der Waals surface area contributed by atoms with Crippen molar-refractivity contribution in [1.82, 2.24) is 9.97 Å². The third-order valence-corrected chi connectivity index (χ3v) is 2.14. The molecule has 1 N–H and O–H groups in total. The highest BCUT2D eigenvalue weighted by Crippen LogP contribution is 2.31. The monoisotopic (exact) mass is 221 g/mol. The lowest BCUT2D eigenvalue weighted by Crippen LogP contribution is -2.08. The molecule has 1 heterocycles. The van der Waals surface area contributed by atoms with Crippen molar-refractivity contribution in [3.05, 3.63) is 38.9 Å². The van der Waals surface area contributed by atoms with Crippen molar-refractivity contribution in [2.75, 3.05) is 7.11 Å². The Labute approximate surface area is 88.8 Å². The van der Waals surface area contributed by atoms with Gasteiger partial charge in [0.05, 0.1) is 23.9 Å². The van der Waals surface area contributed by atoms with Gasteiger partial charge in [-0.1, -0.05) is 0 Å². The molecule has 0 aliphatic carbocycles. The molecule has 0 aliphatic rings. The number of benzene rings is 1. The zero-order valence-corrected chi connectivity index (χ0v) is 8.26. The van der Waals surface area contributed by atoms with Gasteiger partial charge in [-0.05, 0) is 6.07 Å². The quantitative estimate of drug-likeness (QED) is 0.598. The van der Waals surface area contributed by atoms with E-state index in [0.717, 1.165) is 0 Å². The van der Waals surface area contributed by atoms with Crippen LogP contribution in [0.15, 0.2) is 23.3 Å². The smallest absolute Gasteiger partial charge is 0.311 e. The minimum Gasteiger partial charge on any atom is -0.490 e. The number of rotatable bonds is 2. The molecular weight excluding hydrogens is 214 g/mol. The summed E-state index contributed by atoms with van der Waals surface area (Å²) in [5.74, 6) is -0.0724. The fourth-order valence-electron chi connectivity index (χ4n) is 1.47.